The molecule has 1 aromatic carbocycles. The molecule has 1 atom stereocenters. The highest BCUT2D eigenvalue weighted by Crippen LogP contribution is 2.27. The van der Waals surface area contributed by atoms with Crippen molar-refractivity contribution in [1.29, 1.82) is 0 Å². The lowest BCUT2D eigenvalue weighted by Crippen LogP contribution is -2.35. The topological polar surface area (TPSA) is 107 Å². The Kier molecular flexibility index (Phi) is 6.37. The molecule has 20 heavy (non-hydrogen) atoms. The number of methoxy groups -OCH3 is 1. The summed E-state index contributed by atoms with van der Waals surface area (Å²) in [6, 6.07) is 3.29. The van der Waals surface area contributed by atoms with E-state index in [4.69, 9.17) is 22.1 Å². The van der Waals surface area contributed by atoms with E-state index in [9.17, 15) is 14.9 Å². The van der Waals surface area contributed by atoms with Gasteiger partial charge in [-0.1, -0.05) is 11.6 Å². The third-order valence-electron chi connectivity index (χ3n) is 2.61. The maximum Gasteiger partial charge on any atom is 0.288 e. The van der Waals surface area contributed by atoms with Gasteiger partial charge in [0.2, 0.25) is 5.91 Å². The van der Waals surface area contributed by atoms with Gasteiger partial charge in [0.05, 0.1) is 11.0 Å². The van der Waals surface area contributed by atoms with Crippen molar-refractivity contribution in [3.8, 4) is 0 Å². The van der Waals surface area contributed by atoms with E-state index in [1.54, 1.807) is 7.11 Å². The highest BCUT2D eigenvalue weighted by Gasteiger charge is 2.16. The summed E-state index contributed by atoms with van der Waals surface area (Å²) in [6.07, 6.45) is 1.16. The number of ether oxygens (including phenoxy) is 1. The third kappa shape index (κ3) is 4.76. The predicted molar refractivity (Wildman–Crippen MR) is 75.8 cm³/mol. The summed E-state index contributed by atoms with van der Waals surface area (Å²) < 4.78 is 4.87. The minimum Gasteiger partial charge on any atom is -0.385 e. The standard InChI is InChI=1S/C12H16ClN3O4/c1-20-6-2-3-10(14)12(17)15-8-4-5-11(16(18)19)9(13)7-8/h4-5,7,10H,2-3,6,14H2,1H3,(H,15,17). The maximum atomic E-state index is 11.8. The number of carbonyl (C=O) groups excluding carboxylic acids is 1. The summed E-state index contributed by atoms with van der Waals surface area (Å²) in [7, 11) is 1.57. The van der Waals surface area contributed by atoms with Crippen LogP contribution < -0.4 is 11.1 Å². The molecule has 0 aliphatic carbocycles. The highest BCUT2D eigenvalue weighted by atomic mass is 35.5. The number of hydrogen-bond donors (Lipinski definition) is 2. The number of nitrogens with one attached hydrogen (secondary N) is 1. The smallest absolute Gasteiger partial charge is 0.288 e. The number of halogens is 1. The predicted octanol–water partition coefficient (Wildman–Crippen LogP) is 1.94. The van der Waals surface area contributed by atoms with Gasteiger partial charge < -0.3 is 15.8 Å². The highest BCUT2D eigenvalue weighted by molar-refractivity contribution is 6.33. The molecule has 0 spiro atoms. The molecule has 0 radical (unpaired) electrons. The van der Waals surface area contributed by atoms with E-state index < -0.39 is 11.0 Å². The Labute approximate surface area is 121 Å². The number of nitro groups is 1. The van der Waals surface area contributed by atoms with E-state index in [1.807, 2.05) is 0 Å². The number of nitrogens with two attached hydrogens (primary N) is 1. The molecular weight excluding hydrogens is 286 g/mol. The van der Waals surface area contributed by atoms with Crippen molar-refractivity contribution in [3.63, 3.8) is 0 Å². The molecule has 0 saturated carbocycles. The van der Waals surface area contributed by atoms with Crippen LogP contribution in [0.1, 0.15) is 12.8 Å². The summed E-state index contributed by atoms with van der Waals surface area (Å²) in [5.74, 6) is -0.369. The Morgan fingerprint density at radius 1 is 1.60 bits per heavy atom. The summed E-state index contributed by atoms with van der Waals surface area (Å²) in [5, 5.41) is 13.1. The fourth-order valence-electron chi connectivity index (χ4n) is 1.55. The average Bonchev–Trinajstić information content (AvgIpc) is 2.38. The Hall–Kier alpha value is -1.70. The van der Waals surface area contributed by atoms with Crippen LogP contribution in [0.2, 0.25) is 5.02 Å². The van der Waals surface area contributed by atoms with Crippen molar-refractivity contribution in [1.82, 2.24) is 0 Å². The fourth-order valence-corrected chi connectivity index (χ4v) is 1.80. The van der Waals surface area contributed by atoms with Gasteiger partial charge in [-0.25, -0.2) is 0 Å². The first-order valence-corrected chi connectivity index (χ1v) is 6.33. The lowest BCUT2D eigenvalue weighted by Gasteiger charge is -2.12. The van der Waals surface area contributed by atoms with Gasteiger partial charge in [-0.3, -0.25) is 14.9 Å². The van der Waals surface area contributed by atoms with Crippen molar-refractivity contribution < 1.29 is 14.5 Å². The second-order valence-electron chi connectivity index (χ2n) is 4.15. The van der Waals surface area contributed by atoms with Gasteiger partial charge in [-0.2, -0.15) is 0 Å². The van der Waals surface area contributed by atoms with Crippen LogP contribution >= 0.6 is 11.6 Å². The molecule has 7 nitrogen and oxygen atoms in total. The molecule has 110 valence electrons. The number of carbonyl (C=O) groups is 1. The summed E-state index contributed by atoms with van der Waals surface area (Å²) >= 11 is 5.75. The van der Waals surface area contributed by atoms with Gasteiger partial charge >= 0.3 is 0 Å². The third-order valence-corrected chi connectivity index (χ3v) is 2.92. The zero-order chi connectivity index (χ0) is 15.1. The summed E-state index contributed by atoms with van der Waals surface area (Å²) in [6.45, 7) is 0.532. The van der Waals surface area contributed by atoms with Gasteiger partial charge in [-0.05, 0) is 25.0 Å². The van der Waals surface area contributed by atoms with Crippen LogP contribution in [-0.2, 0) is 9.53 Å². The maximum absolute atomic E-state index is 11.8. The van der Waals surface area contributed by atoms with Crippen molar-refractivity contribution in [2.24, 2.45) is 5.73 Å². The van der Waals surface area contributed by atoms with Crippen molar-refractivity contribution >= 4 is 28.9 Å². The summed E-state index contributed by atoms with van der Waals surface area (Å²) in [4.78, 5) is 21.8. The molecule has 0 aliphatic rings. The molecule has 0 fully saturated rings. The Morgan fingerprint density at radius 2 is 2.30 bits per heavy atom. The molecule has 3 N–H and O–H groups in total. The lowest BCUT2D eigenvalue weighted by molar-refractivity contribution is -0.384. The van der Waals surface area contributed by atoms with E-state index in [1.165, 1.54) is 18.2 Å². The van der Waals surface area contributed by atoms with Gasteiger partial charge in [-0.15, -0.1) is 0 Å². The molecule has 0 saturated heterocycles. The Balaban J connectivity index is 2.62. The second kappa shape index (κ2) is 7.78. The number of rotatable bonds is 7. The summed E-state index contributed by atoms with van der Waals surface area (Å²) in [5.41, 5.74) is 5.87. The number of nitro benzene ring substituents is 1. The zero-order valence-electron chi connectivity index (χ0n) is 11.0. The van der Waals surface area contributed by atoms with E-state index in [0.717, 1.165) is 0 Å². The number of amides is 1. The zero-order valence-corrected chi connectivity index (χ0v) is 11.7. The second-order valence-corrected chi connectivity index (χ2v) is 4.56. The molecule has 0 aliphatic heterocycles. The quantitative estimate of drug-likeness (QED) is 0.454. The minimum atomic E-state index is -0.667. The van der Waals surface area contributed by atoms with E-state index in [2.05, 4.69) is 5.32 Å². The van der Waals surface area contributed by atoms with Crippen molar-refractivity contribution in [2.75, 3.05) is 19.0 Å². The SMILES string of the molecule is COCCCC(N)C(=O)Nc1ccc([N+](=O)[O-])c(Cl)c1. The monoisotopic (exact) mass is 301 g/mol. The molecule has 1 unspecified atom stereocenters. The molecule has 8 heteroatoms. The first kappa shape index (κ1) is 16.4. The van der Waals surface area contributed by atoms with Gasteiger partial charge in [0.15, 0.2) is 0 Å². The number of benzene rings is 1. The fraction of sp³-hybridized carbons (Fsp3) is 0.417. The minimum absolute atomic E-state index is 0.0410. The Bertz CT molecular complexity index is 496. The van der Waals surface area contributed by atoms with Crippen molar-refractivity contribution in [3.05, 3.63) is 33.3 Å². The molecule has 1 rings (SSSR count). The number of hydrogen-bond acceptors (Lipinski definition) is 5. The van der Waals surface area contributed by atoms with Crippen LogP contribution in [0.4, 0.5) is 11.4 Å². The van der Waals surface area contributed by atoms with Crippen LogP contribution in [0.15, 0.2) is 18.2 Å². The first-order valence-electron chi connectivity index (χ1n) is 5.95. The van der Waals surface area contributed by atoms with E-state index in [0.29, 0.717) is 25.1 Å². The molecule has 0 heterocycles. The van der Waals surface area contributed by atoms with Gasteiger partial charge in [0.25, 0.3) is 5.69 Å². The van der Waals surface area contributed by atoms with Crippen LogP contribution in [0.25, 0.3) is 0 Å². The molecule has 1 amide bonds. The number of anilines is 1. The normalized spacial score (nSPS) is 11.9. The molecule has 1 aromatic rings. The van der Waals surface area contributed by atoms with Gasteiger partial charge in [0, 0.05) is 25.5 Å². The van der Waals surface area contributed by atoms with Crippen LogP contribution in [0.5, 0.6) is 0 Å². The van der Waals surface area contributed by atoms with Crippen molar-refractivity contribution in [2.45, 2.75) is 18.9 Å². The number of nitrogens with zero attached hydrogens (tertiary/aromatic N) is 1. The van der Waals surface area contributed by atoms with Crippen LogP contribution in [0, 0.1) is 10.1 Å². The van der Waals surface area contributed by atoms with E-state index >= 15 is 0 Å². The molecule has 0 aromatic heterocycles. The first-order chi connectivity index (χ1) is 9.45. The van der Waals surface area contributed by atoms with E-state index in [-0.39, 0.29) is 16.6 Å². The average molecular weight is 302 g/mol. The van der Waals surface area contributed by atoms with Gasteiger partial charge in [0.1, 0.15) is 5.02 Å². The van der Waals surface area contributed by atoms with Crippen LogP contribution in [0.3, 0.4) is 0 Å². The largest absolute Gasteiger partial charge is 0.385 e. The lowest BCUT2D eigenvalue weighted by atomic mass is 10.1. The molecular formula is C12H16ClN3O4. The Morgan fingerprint density at radius 3 is 2.85 bits per heavy atom. The van der Waals surface area contributed by atoms with Crippen LogP contribution in [-0.4, -0.2) is 30.6 Å². The molecule has 0 bridgehead atoms.